The average Bonchev–Trinajstić information content (AvgIpc) is 2.27. The van der Waals surface area contributed by atoms with Gasteiger partial charge in [0.25, 0.3) is 0 Å². The molecule has 6 heteroatoms. The van der Waals surface area contributed by atoms with Crippen molar-refractivity contribution in [3.63, 3.8) is 0 Å². The predicted octanol–water partition coefficient (Wildman–Crippen LogP) is -1.10. The summed E-state index contributed by atoms with van der Waals surface area (Å²) in [7, 11) is 3.64. The van der Waals surface area contributed by atoms with Gasteiger partial charge in [-0.2, -0.15) is 0 Å². The van der Waals surface area contributed by atoms with Crippen molar-refractivity contribution < 1.29 is 10.2 Å². The van der Waals surface area contributed by atoms with Crippen molar-refractivity contribution >= 4 is 5.95 Å². The van der Waals surface area contributed by atoms with Crippen LogP contribution >= 0.6 is 0 Å². The summed E-state index contributed by atoms with van der Waals surface area (Å²) in [5.74, 6) is 0.549. The molecule has 0 amide bonds. The minimum atomic E-state index is -1.04. The molecule has 84 valence electrons. The van der Waals surface area contributed by atoms with E-state index in [1.165, 1.54) is 12.4 Å². The van der Waals surface area contributed by atoms with Crippen LogP contribution in [0.1, 0.15) is 11.7 Å². The minimum Gasteiger partial charge on any atom is -0.389 e. The van der Waals surface area contributed by atoms with E-state index in [1.807, 2.05) is 14.1 Å². The second kappa shape index (κ2) is 5.01. The molecule has 1 heterocycles. The number of rotatable bonds is 4. The number of aliphatic hydroxyl groups is 2. The normalized spacial score (nSPS) is 14.7. The van der Waals surface area contributed by atoms with Crippen molar-refractivity contribution in [3.8, 4) is 0 Å². The molecule has 0 fully saturated rings. The van der Waals surface area contributed by atoms with Crippen LogP contribution in [0.4, 0.5) is 5.95 Å². The molecule has 15 heavy (non-hydrogen) atoms. The summed E-state index contributed by atoms with van der Waals surface area (Å²) in [6.07, 6.45) is 0.933. The fourth-order valence-corrected chi connectivity index (χ4v) is 1.07. The highest BCUT2D eigenvalue weighted by Crippen LogP contribution is 2.15. The molecule has 0 saturated heterocycles. The Labute approximate surface area is 88.4 Å². The van der Waals surface area contributed by atoms with E-state index >= 15 is 0 Å². The predicted molar refractivity (Wildman–Crippen MR) is 56.4 cm³/mol. The molecule has 2 unspecified atom stereocenters. The van der Waals surface area contributed by atoms with Crippen molar-refractivity contribution in [3.05, 3.63) is 18.0 Å². The highest BCUT2D eigenvalue weighted by atomic mass is 16.3. The fourth-order valence-electron chi connectivity index (χ4n) is 1.07. The maximum Gasteiger partial charge on any atom is 0.224 e. The first-order chi connectivity index (χ1) is 7.06. The van der Waals surface area contributed by atoms with Crippen LogP contribution in [0.3, 0.4) is 0 Å². The summed E-state index contributed by atoms with van der Waals surface area (Å²) in [5, 5.41) is 18.9. The van der Waals surface area contributed by atoms with Crippen molar-refractivity contribution in [2.45, 2.75) is 12.2 Å². The maximum absolute atomic E-state index is 9.59. The van der Waals surface area contributed by atoms with Crippen LogP contribution in [0.2, 0.25) is 0 Å². The molecule has 0 bridgehead atoms. The van der Waals surface area contributed by atoms with Crippen LogP contribution in [0, 0.1) is 0 Å². The van der Waals surface area contributed by atoms with Crippen LogP contribution in [0.15, 0.2) is 12.4 Å². The summed E-state index contributed by atoms with van der Waals surface area (Å²) in [6, 6.07) is 0. The van der Waals surface area contributed by atoms with Gasteiger partial charge in [0.2, 0.25) is 5.95 Å². The zero-order chi connectivity index (χ0) is 11.4. The Bertz CT molecular complexity index is 301. The second-order valence-electron chi connectivity index (χ2n) is 3.46. The Morgan fingerprint density at radius 2 is 1.87 bits per heavy atom. The van der Waals surface area contributed by atoms with Gasteiger partial charge in [0.1, 0.15) is 6.10 Å². The van der Waals surface area contributed by atoms with Crippen LogP contribution < -0.4 is 10.6 Å². The molecule has 2 atom stereocenters. The van der Waals surface area contributed by atoms with E-state index in [-0.39, 0.29) is 6.54 Å². The van der Waals surface area contributed by atoms with Crippen molar-refractivity contribution in [2.75, 3.05) is 25.5 Å². The van der Waals surface area contributed by atoms with E-state index in [2.05, 4.69) is 9.97 Å². The standard InChI is InChI=1S/C9H16N4O2/c1-13(2)9-11-4-6(5-12-9)8(15)7(14)3-10/h4-5,7-8,14-15H,3,10H2,1-2H3. The van der Waals surface area contributed by atoms with Gasteiger partial charge in [-0.15, -0.1) is 0 Å². The Morgan fingerprint density at radius 1 is 1.33 bits per heavy atom. The zero-order valence-electron chi connectivity index (χ0n) is 8.83. The van der Waals surface area contributed by atoms with Crippen LogP contribution in [-0.2, 0) is 0 Å². The summed E-state index contributed by atoms with van der Waals surface area (Å²) in [5.41, 5.74) is 5.69. The molecule has 0 spiro atoms. The highest BCUT2D eigenvalue weighted by Gasteiger charge is 2.17. The highest BCUT2D eigenvalue weighted by molar-refractivity contribution is 5.27. The molecule has 0 aromatic carbocycles. The number of hydrogen-bond acceptors (Lipinski definition) is 6. The largest absolute Gasteiger partial charge is 0.389 e. The first-order valence-electron chi connectivity index (χ1n) is 4.61. The third kappa shape index (κ3) is 2.85. The van der Waals surface area contributed by atoms with Gasteiger partial charge in [-0.1, -0.05) is 0 Å². The summed E-state index contributed by atoms with van der Waals surface area (Å²) < 4.78 is 0. The molecule has 0 aliphatic carbocycles. The quantitative estimate of drug-likeness (QED) is 0.586. The van der Waals surface area contributed by atoms with Crippen LogP contribution in [0.5, 0.6) is 0 Å². The van der Waals surface area contributed by atoms with E-state index in [9.17, 15) is 10.2 Å². The van der Waals surface area contributed by atoms with Gasteiger partial charge in [-0.3, -0.25) is 0 Å². The molecule has 4 N–H and O–H groups in total. The van der Waals surface area contributed by atoms with E-state index in [4.69, 9.17) is 5.73 Å². The third-order valence-electron chi connectivity index (χ3n) is 2.01. The van der Waals surface area contributed by atoms with Gasteiger partial charge in [0, 0.05) is 38.6 Å². The summed E-state index contributed by atoms with van der Waals surface area (Å²) >= 11 is 0. The first-order valence-corrected chi connectivity index (χ1v) is 4.61. The van der Waals surface area contributed by atoms with Gasteiger partial charge in [-0.25, -0.2) is 9.97 Å². The SMILES string of the molecule is CN(C)c1ncc(C(O)C(O)CN)cn1. The lowest BCUT2D eigenvalue weighted by Crippen LogP contribution is -2.27. The van der Waals surface area contributed by atoms with Crippen molar-refractivity contribution in [1.82, 2.24) is 9.97 Å². The van der Waals surface area contributed by atoms with Gasteiger partial charge in [-0.05, 0) is 0 Å². The lowest BCUT2D eigenvalue weighted by atomic mass is 10.1. The van der Waals surface area contributed by atoms with Gasteiger partial charge >= 0.3 is 0 Å². The van der Waals surface area contributed by atoms with E-state index in [0.29, 0.717) is 11.5 Å². The van der Waals surface area contributed by atoms with Crippen LogP contribution in [0.25, 0.3) is 0 Å². The number of anilines is 1. The van der Waals surface area contributed by atoms with Crippen molar-refractivity contribution in [1.29, 1.82) is 0 Å². The number of aliphatic hydroxyl groups excluding tert-OH is 2. The number of nitrogens with zero attached hydrogens (tertiary/aromatic N) is 3. The zero-order valence-corrected chi connectivity index (χ0v) is 8.83. The number of aromatic nitrogens is 2. The van der Waals surface area contributed by atoms with Gasteiger partial charge in [0.05, 0.1) is 6.10 Å². The molecular formula is C9H16N4O2. The minimum absolute atomic E-state index is 0.00337. The maximum atomic E-state index is 9.59. The van der Waals surface area contributed by atoms with Crippen LogP contribution in [-0.4, -0.2) is 46.9 Å². The van der Waals surface area contributed by atoms with E-state index in [1.54, 1.807) is 4.90 Å². The summed E-state index contributed by atoms with van der Waals surface area (Å²) in [6.45, 7) is -0.00337. The first kappa shape index (κ1) is 11.8. The molecular weight excluding hydrogens is 196 g/mol. The molecule has 0 saturated carbocycles. The van der Waals surface area contributed by atoms with Gasteiger partial charge in [0.15, 0.2) is 0 Å². The molecule has 0 aliphatic rings. The topological polar surface area (TPSA) is 95.5 Å². The van der Waals surface area contributed by atoms with Crippen molar-refractivity contribution in [2.24, 2.45) is 5.73 Å². The fraction of sp³-hybridized carbons (Fsp3) is 0.556. The molecule has 1 rings (SSSR count). The Kier molecular flexibility index (Phi) is 3.96. The van der Waals surface area contributed by atoms with Gasteiger partial charge < -0.3 is 20.8 Å². The Hall–Kier alpha value is -1.24. The third-order valence-corrected chi connectivity index (χ3v) is 2.01. The molecule has 1 aromatic rings. The van der Waals surface area contributed by atoms with E-state index < -0.39 is 12.2 Å². The molecule has 0 aliphatic heterocycles. The Morgan fingerprint density at radius 3 is 2.27 bits per heavy atom. The number of hydrogen-bond donors (Lipinski definition) is 3. The smallest absolute Gasteiger partial charge is 0.224 e. The lowest BCUT2D eigenvalue weighted by Gasteiger charge is -2.16. The average molecular weight is 212 g/mol. The number of nitrogens with two attached hydrogens (primary N) is 1. The second-order valence-corrected chi connectivity index (χ2v) is 3.46. The summed E-state index contributed by atoms with van der Waals surface area (Å²) in [4.78, 5) is 9.78. The lowest BCUT2D eigenvalue weighted by molar-refractivity contribution is 0.0239. The van der Waals surface area contributed by atoms with E-state index in [0.717, 1.165) is 0 Å². The monoisotopic (exact) mass is 212 g/mol. The molecule has 0 radical (unpaired) electrons. The molecule has 1 aromatic heterocycles. The molecule has 6 nitrogen and oxygen atoms in total. The Balaban J connectivity index is 2.79.